The van der Waals surface area contributed by atoms with Gasteiger partial charge < -0.3 is 5.32 Å². The minimum Gasteiger partial charge on any atom is -0.307 e. The number of rotatable bonds is 4. The summed E-state index contributed by atoms with van der Waals surface area (Å²) in [4.78, 5) is 0. The molecule has 2 rings (SSSR count). The number of benzene rings is 1. The molecule has 1 aliphatic carbocycles. The third-order valence-corrected chi connectivity index (χ3v) is 3.96. The van der Waals surface area contributed by atoms with Crippen molar-refractivity contribution in [3.05, 3.63) is 35.4 Å². The Bertz CT molecular complexity index is 346. The fourth-order valence-corrected chi connectivity index (χ4v) is 2.66. The zero-order valence-corrected chi connectivity index (χ0v) is 11.5. The van der Waals surface area contributed by atoms with Crippen LogP contribution in [0.3, 0.4) is 0 Å². The lowest BCUT2D eigenvalue weighted by Gasteiger charge is -2.35. The van der Waals surface area contributed by atoms with Crippen molar-refractivity contribution < 1.29 is 0 Å². The molecule has 0 saturated heterocycles. The Kier molecular flexibility index (Phi) is 3.88. The van der Waals surface area contributed by atoms with Crippen molar-refractivity contribution in [1.82, 2.24) is 5.32 Å². The van der Waals surface area contributed by atoms with Crippen molar-refractivity contribution in [3.8, 4) is 0 Å². The maximum absolute atomic E-state index is 3.71. The van der Waals surface area contributed by atoms with Gasteiger partial charge in [-0.15, -0.1) is 0 Å². The van der Waals surface area contributed by atoms with Crippen molar-refractivity contribution in [3.63, 3.8) is 0 Å². The molecule has 1 aromatic carbocycles. The molecule has 1 heteroatoms. The predicted molar refractivity (Wildman–Crippen MR) is 74.3 cm³/mol. The highest BCUT2D eigenvalue weighted by Gasteiger charge is 2.26. The van der Waals surface area contributed by atoms with Gasteiger partial charge in [-0.2, -0.15) is 0 Å². The highest BCUT2D eigenvalue weighted by atomic mass is 15.0. The fraction of sp³-hybridized carbons (Fsp3) is 0.625. The Morgan fingerprint density at radius 3 is 2.00 bits per heavy atom. The van der Waals surface area contributed by atoms with E-state index in [0.29, 0.717) is 12.0 Å². The summed E-state index contributed by atoms with van der Waals surface area (Å²) in [6.07, 6.45) is 2.68. The molecule has 0 bridgehead atoms. The van der Waals surface area contributed by atoms with Crippen LogP contribution in [-0.4, -0.2) is 6.04 Å². The molecule has 0 aliphatic heterocycles. The van der Waals surface area contributed by atoms with Crippen LogP contribution in [0.1, 0.15) is 63.6 Å². The summed E-state index contributed by atoms with van der Waals surface area (Å²) in [5.74, 6) is 1.54. The van der Waals surface area contributed by atoms with Crippen LogP contribution in [0.15, 0.2) is 24.3 Å². The lowest BCUT2D eigenvalue weighted by Crippen LogP contribution is -2.41. The van der Waals surface area contributed by atoms with Crippen molar-refractivity contribution >= 4 is 0 Å². The second-order valence-electron chi connectivity index (χ2n) is 5.98. The summed E-state index contributed by atoms with van der Waals surface area (Å²) >= 11 is 0. The lowest BCUT2D eigenvalue weighted by molar-refractivity contribution is 0.226. The van der Waals surface area contributed by atoms with E-state index >= 15 is 0 Å². The van der Waals surface area contributed by atoms with E-state index in [1.54, 1.807) is 0 Å². The molecule has 1 aromatic rings. The molecule has 0 heterocycles. The van der Waals surface area contributed by atoms with E-state index in [-0.39, 0.29) is 0 Å². The first-order valence-electron chi connectivity index (χ1n) is 6.92. The molecule has 1 fully saturated rings. The van der Waals surface area contributed by atoms with E-state index in [1.165, 1.54) is 24.0 Å². The summed E-state index contributed by atoms with van der Waals surface area (Å²) < 4.78 is 0. The fourth-order valence-electron chi connectivity index (χ4n) is 2.66. The highest BCUT2D eigenvalue weighted by molar-refractivity contribution is 5.26. The lowest BCUT2D eigenvalue weighted by atomic mass is 9.81. The van der Waals surface area contributed by atoms with Crippen molar-refractivity contribution in [2.45, 2.75) is 58.5 Å². The largest absolute Gasteiger partial charge is 0.307 e. The summed E-state index contributed by atoms with van der Waals surface area (Å²) in [6.45, 7) is 9.09. The maximum Gasteiger partial charge on any atom is 0.0294 e. The second kappa shape index (κ2) is 5.22. The van der Waals surface area contributed by atoms with E-state index in [4.69, 9.17) is 0 Å². The molecule has 17 heavy (non-hydrogen) atoms. The van der Waals surface area contributed by atoms with Gasteiger partial charge in [-0.05, 0) is 42.7 Å². The van der Waals surface area contributed by atoms with E-state index in [9.17, 15) is 0 Å². The van der Waals surface area contributed by atoms with Crippen molar-refractivity contribution in [2.75, 3.05) is 0 Å². The zero-order valence-electron chi connectivity index (χ0n) is 11.5. The first-order chi connectivity index (χ1) is 8.06. The molecule has 1 atom stereocenters. The minimum atomic E-state index is 0.480. The third-order valence-electron chi connectivity index (χ3n) is 3.96. The van der Waals surface area contributed by atoms with Gasteiger partial charge in [0.05, 0.1) is 0 Å². The van der Waals surface area contributed by atoms with Crippen molar-refractivity contribution in [2.24, 2.45) is 5.92 Å². The van der Waals surface area contributed by atoms with Crippen LogP contribution in [-0.2, 0) is 0 Å². The van der Waals surface area contributed by atoms with Crippen LogP contribution in [0.4, 0.5) is 0 Å². The zero-order chi connectivity index (χ0) is 12.4. The first kappa shape index (κ1) is 12.6. The Labute approximate surface area is 106 Å². The quantitative estimate of drug-likeness (QED) is 0.816. The molecule has 1 unspecified atom stereocenters. The number of hydrogen-bond acceptors (Lipinski definition) is 1. The van der Waals surface area contributed by atoms with Crippen LogP contribution in [0.25, 0.3) is 0 Å². The summed E-state index contributed by atoms with van der Waals surface area (Å²) in [5, 5.41) is 3.71. The van der Waals surface area contributed by atoms with E-state index in [1.807, 2.05) is 0 Å². The van der Waals surface area contributed by atoms with Gasteiger partial charge in [0.15, 0.2) is 0 Å². The Balaban J connectivity index is 1.92. The smallest absolute Gasteiger partial charge is 0.0294 e. The summed E-state index contributed by atoms with van der Waals surface area (Å²) in [5.41, 5.74) is 2.84. The number of nitrogens with one attached hydrogen (secondary N) is 1. The molecule has 94 valence electrons. The molecule has 1 aliphatic rings. The molecule has 1 saturated carbocycles. The van der Waals surface area contributed by atoms with Crippen LogP contribution in [0, 0.1) is 5.92 Å². The normalized spacial score (nSPS) is 25.7. The van der Waals surface area contributed by atoms with E-state index < -0.39 is 0 Å². The average molecular weight is 231 g/mol. The first-order valence-corrected chi connectivity index (χ1v) is 6.92. The maximum atomic E-state index is 3.71. The van der Waals surface area contributed by atoms with Crippen LogP contribution >= 0.6 is 0 Å². The molecule has 0 aromatic heterocycles. The standard InChI is InChI=1S/C16H25N/c1-11(2)14-5-7-15(8-6-14)13(4)17-16-9-12(3)10-16/h5-8,11-13,16-17H,9-10H2,1-4H3. The highest BCUT2D eigenvalue weighted by Crippen LogP contribution is 2.29. The van der Waals surface area contributed by atoms with Gasteiger partial charge in [0, 0.05) is 12.1 Å². The average Bonchev–Trinajstić information content (AvgIpc) is 2.27. The van der Waals surface area contributed by atoms with E-state index in [2.05, 4.69) is 57.3 Å². The van der Waals surface area contributed by atoms with Gasteiger partial charge in [-0.3, -0.25) is 0 Å². The second-order valence-corrected chi connectivity index (χ2v) is 5.98. The Hall–Kier alpha value is -0.820. The van der Waals surface area contributed by atoms with E-state index in [0.717, 1.165) is 12.0 Å². The monoisotopic (exact) mass is 231 g/mol. The van der Waals surface area contributed by atoms with Gasteiger partial charge in [0.25, 0.3) is 0 Å². The van der Waals surface area contributed by atoms with Crippen LogP contribution in [0.5, 0.6) is 0 Å². The van der Waals surface area contributed by atoms with Crippen molar-refractivity contribution in [1.29, 1.82) is 0 Å². The molecular weight excluding hydrogens is 206 g/mol. The molecule has 0 spiro atoms. The molecule has 1 N–H and O–H groups in total. The topological polar surface area (TPSA) is 12.0 Å². The number of hydrogen-bond donors (Lipinski definition) is 1. The van der Waals surface area contributed by atoms with Gasteiger partial charge in [0.1, 0.15) is 0 Å². The molecule has 0 amide bonds. The van der Waals surface area contributed by atoms with Crippen LogP contribution < -0.4 is 5.32 Å². The molecule has 0 radical (unpaired) electrons. The Morgan fingerprint density at radius 1 is 1.00 bits per heavy atom. The van der Waals surface area contributed by atoms with Crippen LogP contribution in [0.2, 0.25) is 0 Å². The molecule has 1 nitrogen and oxygen atoms in total. The van der Waals surface area contributed by atoms with Gasteiger partial charge in [-0.1, -0.05) is 45.0 Å². The minimum absolute atomic E-state index is 0.480. The summed E-state index contributed by atoms with van der Waals surface area (Å²) in [7, 11) is 0. The Morgan fingerprint density at radius 2 is 1.53 bits per heavy atom. The molecular formula is C16H25N. The van der Waals surface area contributed by atoms with Gasteiger partial charge in [0.2, 0.25) is 0 Å². The van der Waals surface area contributed by atoms with Gasteiger partial charge >= 0.3 is 0 Å². The van der Waals surface area contributed by atoms with Gasteiger partial charge in [-0.25, -0.2) is 0 Å². The summed E-state index contributed by atoms with van der Waals surface area (Å²) in [6, 6.07) is 10.3. The predicted octanol–water partition coefficient (Wildman–Crippen LogP) is 4.26. The third kappa shape index (κ3) is 3.10. The SMILES string of the molecule is CC1CC(NC(C)c2ccc(C(C)C)cc2)C1.